The van der Waals surface area contributed by atoms with Gasteiger partial charge in [0.15, 0.2) is 0 Å². The number of carbonyl (C=O) groups is 1. The van der Waals surface area contributed by atoms with Gasteiger partial charge in [-0.15, -0.1) is 0 Å². The molecule has 4 rings (SSSR count). The van der Waals surface area contributed by atoms with Gasteiger partial charge in [0, 0.05) is 18.0 Å². The number of amides is 1. The van der Waals surface area contributed by atoms with Crippen LogP contribution in [0, 0.1) is 5.82 Å². The minimum absolute atomic E-state index is 0.0445. The number of halogens is 4. The van der Waals surface area contributed by atoms with Crippen molar-refractivity contribution in [1.29, 1.82) is 0 Å². The van der Waals surface area contributed by atoms with Crippen LogP contribution in [0.1, 0.15) is 15.9 Å². The quantitative estimate of drug-likeness (QED) is 0.513. The molecule has 0 aliphatic carbocycles. The maximum atomic E-state index is 14.2. The number of tetrazole rings is 1. The Hall–Kier alpha value is -3.89. The molecule has 11 heteroatoms. The molecule has 0 unspecified atom stereocenters. The number of nitrogens with zero attached hydrogens (tertiary/aromatic N) is 5. The van der Waals surface area contributed by atoms with Crippen molar-refractivity contribution in [2.75, 3.05) is 5.32 Å². The van der Waals surface area contributed by atoms with E-state index in [-0.39, 0.29) is 28.0 Å². The second kappa shape index (κ2) is 7.17. The molecule has 0 fully saturated rings. The minimum Gasteiger partial charge on any atom is -0.289 e. The molecule has 2 aromatic carbocycles. The zero-order valence-corrected chi connectivity index (χ0v) is 15.3. The Labute approximate surface area is 166 Å². The number of aromatic nitrogens is 5. The van der Waals surface area contributed by atoms with E-state index in [0.29, 0.717) is 0 Å². The van der Waals surface area contributed by atoms with Gasteiger partial charge in [-0.3, -0.25) is 15.1 Å². The molecule has 0 atom stereocenters. The second-order valence-electron chi connectivity index (χ2n) is 6.34. The Bertz CT molecular complexity index is 1250. The average molecular weight is 416 g/mol. The lowest BCUT2D eigenvalue weighted by Gasteiger charge is -2.19. The first kappa shape index (κ1) is 19.4. The first-order chi connectivity index (χ1) is 14.3. The van der Waals surface area contributed by atoms with Crippen molar-refractivity contribution in [2.24, 2.45) is 7.05 Å². The predicted octanol–water partition coefficient (Wildman–Crippen LogP) is 3.84. The van der Waals surface area contributed by atoms with Crippen LogP contribution in [0.3, 0.4) is 0 Å². The number of aryl methyl sites for hydroxylation is 1. The van der Waals surface area contributed by atoms with Crippen molar-refractivity contribution >= 4 is 22.8 Å². The van der Waals surface area contributed by atoms with Crippen molar-refractivity contribution in [3.8, 4) is 11.1 Å². The SMILES string of the molecule is Cn1nnnc1NC(=O)c1cc2cc(F)cnc2c(-c2ccccc2)c1C(F)(F)F. The minimum atomic E-state index is -4.90. The third-order valence-corrected chi connectivity index (χ3v) is 4.38. The zero-order valence-electron chi connectivity index (χ0n) is 15.3. The highest BCUT2D eigenvalue weighted by Gasteiger charge is 2.40. The highest BCUT2D eigenvalue weighted by molar-refractivity contribution is 6.10. The topological polar surface area (TPSA) is 85.6 Å². The lowest BCUT2D eigenvalue weighted by atomic mass is 9.91. The predicted molar refractivity (Wildman–Crippen MR) is 98.9 cm³/mol. The summed E-state index contributed by atoms with van der Waals surface area (Å²) in [5.74, 6) is -1.99. The summed E-state index contributed by atoms with van der Waals surface area (Å²) in [6.45, 7) is 0. The summed E-state index contributed by atoms with van der Waals surface area (Å²) in [4.78, 5) is 16.7. The molecule has 30 heavy (non-hydrogen) atoms. The Morgan fingerprint density at radius 2 is 1.87 bits per heavy atom. The molecular weight excluding hydrogens is 404 g/mol. The number of benzene rings is 2. The number of pyridine rings is 1. The molecular formula is C19H12F4N6O. The third-order valence-electron chi connectivity index (χ3n) is 4.38. The number of nitrogens with one attached hydrogen (secondary N) is 1. The van der Waals surface area contributed by atoms with Gasteiger partial charge in [0.1, 0.15) is 5.82 Å². The summed E-state index contributed by atoms with van der Waals surface area (Å²) >= 11 is 0. The van der Waals surface area contributed by atoms with Gasteiger partial charge < -0.3 is 0 Å². The number of fused-ring (bicyclic) bond motifs is 1. The molecule has 2 heterocycles. The molecule has 1 N–H and O–H groups in total. The van der Waals surface area contributed by atoms with Crippen molar-refractivity contribution < 1.29 is 22.4 Å². The standard InChI is InChI=1S/C19H12F4N6O/c1-29-18(26-27-28-29)25-17(30)13-8-11-7-12(20)9-24-16(11)14(15(13)19(21,22)23)10-5-3-2-4-6-10/h2-9H,1H3,(H,25,26,28,30). The van der Waals surface area contributed by atoms with Crippen LogP contribution in [-0.4, -0.2) is 31.1 Å². The normalized spacial score (nSPS) is 11.6. The lowest BCUT2D eigenvalue weighted by Crippen LogP contribution is -2.22. The largest absolute Gasteiger partial charge is 0.417 e. The molecule has 4 aromatic rings. The van der Waals surface area contributed by atoms with Crippen LogP contribution in [-0.2, 0) is 13.2 Å². The van der Waals surface area contributed by atoms with Gasteiger partial charge in [0.05, 0.1) is 22.8 Å². The summed E-state index contributed by atoms with van der Waals surface area (Å²) in [7, 11) is 1.41. The van der Waals surface area contributed by atoms with Gasteiger partial charge in [0.2, 0.25) is 5.95 Å². The van der Waals surface area contributed by atoms with Gasteiger partial charge in [-0.1, -0.05) is 35.4 Å². The van der Waals surface area contributed by atoms with E-state index in [1.165, 1.54) is 19.2 Å². The monoisotopic (exact) mass is 416 g/mol. The summed E-state index contributed by atoms with van der Waals surface area (Å²) in [5, 5.41) is 12.7. The maximum Gasteiger partial charge on any atom is 0.417 e. The van der Waals surface area contributed by atoms with Gasteiger partial charge in [-0.05, 0) is 28.1 Å². The fourth-order valence-corrected chi connectivity index (χ4v) is 3.12. The Morgan fingerprint density at radius 1 is 1.13 bits per heavy atom. The highest BCUT2D eigenvalue weighted by Crippen LogP contribution is 2.43. The van der Waals surface area contributed by atoms with E-state index in [1.54, 1.807) is 18.2 Å². The molecule has 0 aliphatic heterocycles. The molecule has 2 aromatic heterocycles. The molecule has 1 amide bonds. The van der Waals surface area contributed by atoms with Crippen LogP contribution in [0.25, 0.3) is 22.0 Å². The van der Waals surface area contributed by atoms with E-state index in [2.05, 4.69) is 25.8 Å². The Balaban J connectivity index is 2.04. The smallest absolute Gasteiger partial charge is 0.289 e. The molecule has 0 radical (unpaired) electrons. The van der Waals surface area contributed by atoms with E-state index in [9.17, 15) is 22.4 Å². The van der Waals surface area contributed by atoms with Crippen LogP contribution in [0.2, 0.25) is 0 Å². The number of anilines is 1. The van der Waals surface area contributed by atoms with E-state index >= 15 is 0 Å². The number of alkyl halides is 3. The highest BCUT2D eigenvalue weighted by atomic mass is 19.4. The van der Waals surface area contributed by atoms with Crippen LogP contribution in [0.4, 0.5) is 23.5 Å². The molecule has 152 valence electrons. The van der Waals surface area contributed by atoms with Gasteiger partial charge in [-0.25, -0.2) is 9.07 Å². The van der Waals surface area contributed by atoms with E-state index in [0.717, 1.165) is 23.0 Å². The number of hydrogen-bond acceptors (Lipinski definition) is 5. The van der Waals surface area contributed by atoms with Crippen LogP contribution in [0.15, 0.2) is 48.7 Å². The van der Waals surface area contributed by atoms with Gasteiger partial charge in [0.25, 0.3) is 5.91 Å². The average Bonchev–Trinajstić information content (AvgIpc) is 3.10. The van der Waals surface area contributed by atoms with Gasteiger partial charge >= 0.3 is 6.18 Å². The van der Waals surface area contributed by atoms with Crippen LogP contribution >= 0.6 is 0 Å². The molecule has 0 saturated carbocycles. The summed E-state index contributed by atoms with van der Waals surface area (Å²) in [6, 6.07) is 9.66. The van der Waals surface area contributed by atoms with Crippen LogP contribution in [0.5, 0.6) is 0 Å². The first-order valence-electron chi connectivity index (χ1n) is 8.54. The van der Waals surface area contributed by atoms with Crippen LogP contribution < -0.4 is 5.32 Å². The maximum absolute atomic E-state index is 14.2. The molecule has 0 aliphatic rings. The van der Waals surface area contributed by atoms with E-state index in [4.69, 9.17) is 0 Å². The van der Waals surface area contributed by atoms with Crippen molar-refractivity contribution in [2.45, 2.75) is 6.18 Å². The number of hydrogen-bond donors (Lipinski definition) is 1. The number of rotatable bonds is 3. The van der Waals surface area contributed by atoms with Crippen molar-refractivity contribution in [3.63, 3.8) is 0 Å². The third kappa shape index (κ3) is 3.45. The van der Waals surface area contributed by atoms with Crippen molar-refractivity contribution in [3.05, 3.63) is 65.6 Å². The molecule has 7 nitrogen and oxygen atoms in total. The zero-order chi connectivity index (χ0) is 21.5. The first-order valence-corrected chi connectivity index (χ1v) is 8.54. The Kier molecular flexibility index (Phi) is 4.65. The summed E-state index contributed by atoms with van der Waals surface area (Å²) in [6.07, 6.45) is -4.07. The lowest BCUT2D eigenvalue weighted by molar-refractivity contribution is -0.137. The summed E-state index contributed by atoms with van der Waals surface area (Å²) < 4.78 is 57.4. The van der Waals surface area contributed by atoms with Crippen molar-refractivity contribution in [1.82, 2.24) is 25.2 Å². The second-order valence-corrected chi connectivity index (χ2v) is 6.34. The molecule has 0 saturated heterocycles. The fraction of sp³-hybridized carbons (Fsp3) is 0.105. The fourth-order valence-electron chi connectivity index (χ4n) is 3.12. The molecule has 0 spiro atoms. The van der Waals surface area contributed by atoms with E-state index in [1.807, 2.05) is 0 Å². The summed E-state index contributed by atoms with van der Waals surface area (Å²) in [5.41, 5.74) is -2.10. The molecule has 0 bridgehead atoms. The van der Waals surface area contributed by atoms with Gasteiger partial charge in [-0.2, -0.15) is 13.2 Å². The Morgan fingerprint density at radius 3 is 2.50 bits per heavy atom. The number of carbonyl (C=O) groups excluding carboxylic acids is 1. The van der Waals surface area contributed by atoms with E-state index < -0.39 is 29.0 Å².